The summed E-state index contributed by atoms with van der Waals surface area (Å²) in [5.41, 5.74) is -1.95. The Kier molecular flexibility index (Phi) is 7.09. The van der Waals surface area contributed by atoms with Crippen molar-refractivity contribution >= 4 is 29.9 Å². The van der Waals surface area contributed by atoms with Crippen molar-refractivity contribution in [1.29, 1.82) is 0 Å². The maximum Gasteiger partial charge on any atom is 0.417 e. The normalized spacial score (nSPS) is 20.5. The van der Waals surface area contributed by atoms with E-state index in [0.29, 0.717) is 29.9 Å². The van der Waals surface area contributed by atoms with Gasteiger partial charge in [0.1, 0.15) is 11.6 Å². The van der Waals surface area contributed by atoms with Gasteiger partial charge in [-0.3, -0.25) is 9.59 Å². The van der Waals surface area contributed by atoms with Crippen LogP contribution in [0.4, 0.5) is 13.2 Å². The van der Waals surface area contributed by atoms with Crippen molar-refractivity contribution in [3.05, 3.63) is 33.2 Å². The molecule has 6 nitrogen and oxygen atoms in total. The number of nitrogens with one attached hydrogen (secondary N) is 2. The van der Waals surface area contributed by atoms with Crippen LogP contribution in [0.25, 0.3) is 0 Å². The van der Waals surface area contributed by atoms with Gasteiger partial charge in [0.25, 0.3) is 5.56 Å². The Hall–Kier alpha value is -1.29. The van der Waals surface area contributed by atoms with Crippen molar-refractivity contribution in [3.63, 3.8) is 0 Å². The molecule has 1 aromatic rings. The second-order valence-corrected chi connectivity index (χ2v) is 5.52. The van der Waals surface area contributed by atoms with Gasteiger partial charge in [0.05, 0.1) is 17.7 Å². The summed E-state index contributed by atoms with van der Waals surface area (Å²) in [5, 5.41) is 5.04. The summed E-state index contributed by atoms with van der Waals surface area (Å²) in [6.45, 7) is 0.467. The Morgan fingerprint density at radius 1 is 1.50 bits per heavy atom. The molecule has 1 saturated heterocycles. The summed E-state index contributed by atoms with van der Waals surface area (Å²) in [7, 11) is 1.49. The molecule has 1 aliphatic rings. The predicted octanol–water partition coefficient (Wildman–Crippen LogP) is 1.05. The van der Waals surface area contributed by atoms with E-state index in [0.717, 1.165) is 0 Å². The van der Waals surface area contributed by atoms with Gasteiger partial charge in [-0.05, 0) is 6.07 Å². The predicted molar refractivity (Wildman–Crippen MR) is 83.6 cm³/mol. The SMILES string of the molecule is CO[C@H]1CNC[C@@H]1NC(=O)Cn1cc(C(F)(F)F)cc(Cl)c1=O.Cl. The lowest BCUT2D eigenvalue weighted by atomic mass is 10.2. The molecule has 1 fully saturated rings. The lowest BCUT2D eigenvalue weighted by molar-refractivity contribution is -0.138. The van der Waals surface area contributed by atoms with Crippen LogP contribution in [0.5, 0.6) is 0 Å². The lowest BCUT2D eigenvalue weighted by Gasteiger charge is -2.19. The number of carbonyl (C=O) groups is 1. The molecule has 136 valence electrons. The van der Waals surface area contributed by atoms with Crippen LogP contribution in [0, 0.1) is 0 Å². The molecule has 1 amide bonds. The minimum absolute atomic E-state index is 0. The van der Waals surface area contributed by atoms with Crippen LogP contribution < -0.4 is 16.2 Å². The standard InChI is InChI=1S/C13H15ClF3N3O3.ClH/c1-23-10-4-18-3-9(10)19-11(21)6-20-5-7(13(15,16)17)2-8(14)12(20)22;/h2,5,9-10,18H,3-4,6H2,1H3,(H,19,21);1H/t9-,10-;/m0./s1. The highest BCUT2D eigenvalue weighted by Crippen LogP contribution is 2.29. The van der Waals surface area contributed by atoms with E-state index in [1.165, 1.54) is 7.11 Å². The highest BCUT2D eigenvalue weighted by atomic mass is 35.5. The molecular formula is C13H16Cl2F3N3O3. The van der Waals surface area contributed by atoms with Crippen LogP contribution in [0.1, 0.15) is 5.56 Å². The van der Waals surface area contributed by atoms with Crippen LogP contribution in [0.3, 0.4) is 0 Å². The molecule has 0 aromatic carbocycles. The quantitative estimate of drug-likeness (QED) is 0.806. The van der Waals surface area contributed by atoms with Crippen molar-refractivity contribution in [2.75, 3.05) is 20.2 Å². The van der Waals surface area contributed by atoms with E-state index in [-0.39, 0.29) is 24.6 Å². The molecule has 2 atom stereocenters. The number of halogens is 5. The minimum atomic E-state index is -4.66. The van der Waals surface area contributed by atoms with E-state index < -0.39 is 34.8 Å². The zero-order chi connectivity index (χ0) is 17.2. The molecule has 0 spiro atoms. The van der Waals surface area contributed by atoms with Crippen LogP contribution in [0.15, 0.2) is 17.1 Å². The first-order valence-corrected chi connectivity index (χ1v) is 7.10. The first-order chi connectivity index (χ1) is 10.7. The Morgan fingerprint density at radius 3 is 2.75 bits per heavy atom. The molecule has 2 rings (SSSR count). The van der Waals surface area contributed by atoms with Gasteiger partial charge in [0, 0.05) is 26.4 Å². The number of alkyl halides is 3. The molecule has 0 saturated carbocycles. The number of amides is 1. The Balaban J connectivity index is 0.00000288. The molecule has 0 aliphatic carbocycles. The maximum atomic E-state index is 12.7. The Morgan fingerprint density at radius 2 is 2.17 bits per heavy atom. The summed E-state index contributed by atoms with van der Waals surface area (Å²) in [5.74, 6) is -0.599. The van der Waals surface area contributed by atoms with Crippen LogP contribution >= 0.6 is 24.0 Å². The van der Waals surface area contributed by atoms with Gasteiger partial charge in [-0.1, -0.05) is 11.6 Å². The maximum absolute atomic E-state index is 12.7. The van der Waals surface area contributed by atoms with Crippen LogP contribution in [0.2, 0.25) is 5.02 Å². The zero-order valence-electron chi connectivity index (χ0n) is 12.5. The van der Waals surface area contributed by atoms with Crippen LogP contribution in [-0.2, 0) is 22.3 Å². The molecule has 0 radical (unpaired) electrons. The fraction of sp³-hybridized carbons (Fsp3) is 0.538. The van der Waals surface area contributed by atoms with E-state index in [9.17, 15) is 22.8 Å². The second-order valence-electron chi connectivity index (χ2n) is 5.11. The van der Waals surface area contributed by atoms with Crippen molar-refractivity contribution in [3.8, 4) is 0 Å². The zero-order valence-corrected chi connectivity index (χ0v) is 14.1. The summed E-state index contributed by atoms with van der Waals surface area (Å²) < 4.78 is 44.0. The lowest BCUT2D eigenvalue weighted by Crippen LogP contribution is -2.45. The summed E-state index contributed by atoms with van der Waals surface area (Å²) in [6.07, 6.45) is -4.32. The first-order valence-electron chi connectivity index (χ1n) is 6.72. The van der Waals surface area contributed by atoms with Gasteiger partial charge >= 0.3 is 6.18 Å². The number of nitrogens with zero attached hydrogens (tertiary/aromatic N) is 1. The topological polar surface area (TPSA) is 72.4 Å². The number of methoxy groups -OCH3 is 1. The van der Waals surface area contributed by atoms with Crippen molar-refractivity contribution in [2.24, 2.45) is 0 Å². The van der Waals surface area contributed by atoms with E-state index in [1.54, 1.807) is 0 Å². The van der Waals surface area contributed by atoms with Crippen molar-refractivity contribution in [2.45, 2.75) is 24.9 Å². The third-order valence-corrected chi connectivity index (χ3v) is 3.76. The van der Waals surface area contributed by atoms with Gasteiger partial charge < -0.3 is 19.9 Å². The molecular weight excluding hydrogens is 374 g/mol. The first kappa shape index (κ1) is 20.8. The number of ether oxygens (including phenoxy) is 1. The number of carbonyl (C=O) groups excluding carboxylic acids is 1. The molecule has 2 N–H and O–H groups in total. The highest BCUT2D eigenvalue weighted by molar-refractivity contribution is 6.30. The van der Waals surface area contributed by atoms with Crippen molar-refractivity contribution in [1.82, 2.24) is 15.2 Å². The molecule has 1 aromatic heterocycles. The fourth-order valence-corrected chi connectivity index (χ4v) is 2.55. The number of rotatable bonds is 4. The number of hydrogen-bond acceptors (Lipinski definition) is 4. The van der Waals surface area contributed by atoms with E-state index in [4.69, 9.17) is 16.3 Å². The average Bonchev–Trinajstić information content (AvgIpc) is 2.89. The Bertz CT molecular complexity index is 652. The molecule has 2 heterocycles. The fourth-order valence-electron chi connectivity index (χ4n) is 2.33. The summed E-state index contributed by atoms with van der Waals surface area (Å²) >= 11 is 5.53. The van der Waals surface area contributed by atoms with E-state index in [2.05, 4.69) is 10.6 Å². The van der Waals surface area contributed by atoms with Gasteiger partial charge in [0.15, 0.2) is 0 Å². The van der Waals surface area contributed by atoms with Gasteiger partial charge in [-0.25, -0.2) is 0 Å². The second kappa shape index (κ2) is 8.19. The third kappa shape index (κ3) is 4.85. The summed E-state index contributed by atoms with van der Waals surface area (Å²) in [6, 6.07) is 0.227. The molecule has 1 aliphatic heterocycles. The number of pyridine rings is 1. The van der Waals surface area contributed by atoms with E-state index in [1.807, 2.05) is 0 Å². The summed E-state index contributed by atoms with van der Waals surface area (Å²) in [4.78, 5) is 23.8. The van der Waals surface area contributed by atoms with Gasteiger partial charge in [-0.15, -0.1) is 12.4 Å². The largest absolute Gasteiger partial charge is 0.417 e. The number of aromatic nitrogens is 1. The molecule has 11 heteroatoms. The number of hydrogen-bond donors (Lipinski definition) is 2. The Labute approximate surface area is 146 Å². The monoisotopic (exact) mass is 389 g/mol. The highest BCUT2D eigenvalue weighted by Gasteiger charge is 2.32. The molecule has 24 heavy (non-hydrogen) atoms. The van der Waals surface area contributed by atoms with Gasteiger partial charge in [-0.2, -0.15) is 13.2 Å². The van der Waals surface area contributed by atoms with E-state index >= 15 is 0 Å². The molecule has 0 unspecified atom stereocenters. The van der Waals surface area contributed by atoms with Gasteiger partial charge in [0.2, 0.25) is 5.91 Å². The minimum Gasteiger partial charge on any atom is -0.378 e. The third-order valence-electron chi connectivity index (χ3n) is 3.49. The van der Waals surface area contributed by atoms with Crippen molar-refractivity contribution < 1.29 is 22.7 Å². The molecule has 0 bridgehead atoms. The van der Waals surface area contributed by atoms with Crippen LogP contribution in [-0.4, -0.2) is 42.8 Å². The smallest absolute Gasteiger partial charge is 0.378 e. The average molecular weight is 390 g/mol.